The first-order chi connectivity index (χ1) is 12.0. The standard InChI is InChI=1S/C19H27N5O/c1-13-10-14(2)24-12-16(21-19(24)20-13)11-22-8-4-6-17(22)18-7-5-9-23(18)15(3)25/h10,12,17-18H,4-9,11H2,1-3H3/t17-,18+/m0/s1. The van der Waals surface area contributed by atoms with Gasteiger partial charge >= 0.3 is 0 Å². The maximum absolute atomic E-state index is 11.9. The number of hydrogen-bond donors (Lipinski definition) is 0. The Labute approximate surface area is 148 Å². The fraction of sp³-hybridized carbons (Fsp3) is 0.632. The Morgan fingerprint density at radius 1 is 1.16 bits per heavy atom. The number of nitrogens with zero attached hydrogens (tertiary/aromatic N) is 5. The van der Waals surface area contributed by atoms with Gasteiger partial charge in [-0.1, -0.05) is 0 Å². The van der Waals surface area contributed by atoms with Gasteiger partial charge in [0.1, 0.15) is 0 Å². The zero-order valence-electron chi connectivity index (χ0n) is 15.4. The molecule has 0 spiro atoms. The highest BCUT2D eigenvalue weighted by molar-refractivity contribution is 5.74. The lowest BCUT2D eigenvalue weighted by atomic mass is 10.0. The van der Waals surface area contributed by atoms with Crippen LogP contribution in [0.1, 0.15) is 49.7 Å². The number of aryl methyl sites for hydroxylation is 2. The fourth-order valence-corrected chi connectivity index (χ4v) is 4.67. The van der Waals surface area contributed by atoms with Crippen LogP contribution in [-0.2, 0) is 11.3 Å². The van der Waals surface area contributed by atoms with E-state index in [0.29, 0.717) is 12.1 Å². The van der Waals surface area contributed by atoms with Gasteiger partial charge < -0.3 is 4.90 Å². The molecule has 6 heteroatoms. The van der Waals surface area contributed by atoms with Gasteiger partial charge in [-0.3, -0.25) is 14.1 Å². The summed E-state index contributed by atoms with van der Waals surface area (Å²) in [5, 5.41) is 0. The van der Waals surface area contributed by atoms with Gasteiger partial charge in [-0.05, 0) is 52.1 Å². The van der Waals surface area contributed by atoms with Crippen molar-refractivity contribution in [3.8, 4) is 0 Å². The van der Waals surface area contributed by atoms with Crippen LogP contribution in [0.5, 0.6) is 0 Å². The van der Waals surface area contributed by atoms with Crippen molar-refractivity contribution in [2.45, 2.75) is 65.1 Å². The largest absolute Gasteiger partial charge is 0.338 e. The molecule has 25 heavy (non-hydrogen) atoms. The molecule has 6 nitrogen and oxygen atoms in total. The zero-order chi connectivity index (χ0) is 17.6. The van der Waals surface area contributed by atoms with Gasteiger partial charge in [-0.2, -0.15) is 0 Å². The van der Waals surface area contributed by atoms with E-state index >= 15 is 0 Å². The number of carbonyl (C=O) groups excluding carboxylic acids is 1. The Morgan fingerprint density at radius 2 is 1.92 bits per heavy atom. The second kappa shape index (κ2) is 6.41. The molecule has 1 amide bonds. The van der Waals surface area contributed by atoms with Gasteiger partial charge in [0.2, 0.25) is 11.7 Å². The highest BCUT2D eigenvalue weighted by atomic mass is 16.2. The molecule has 2 aromatic heterocycles. The van der Waals surface area contributed by atoms with Crippen molar-refractivity contribution in [3.63, 3.8) is 0 Å². The van der Waals surface area contributed by atoms with Crippen LogP contribution in [-0.4, -0.2) is 55.2 Å². The maximum Gasteiger partial charge on any atom is 0.234 e. The molecule has 2 aliphatic heterocycles. The minimum atomic E-state index is 0.220. The first kappa shape index (κ1) is 16.5. The minimum absolute atomic E-state index is 0.220. The first-order valence-electron chi connectivity index (χ1n) is 9.36. The van der Waals surface area contributed by atoms with Gasteiger partial charge in [0.15, 0.2) is 0 Å². The summed E-state index contributed by atoms with van der Waals surface area (Å²) in [5.74, 6) is 1.01. The van der Waals surface area contributed by atoms with Crippen molar-refractivity contribution in [2.75, 3.05) is 13.1 Å². The van der Waals surface area contributed by atoms with Gasteiger partial charge in [0.05, 0.1) is 5.69 Å². The summed E-state index contributed by atoms with van der Waals surface area (Å²) in [7, 11) is 0. The molecule has 0 aliphatic carbocycles. The molecule has 2 fully saturated rings. The number of amides is 1. The van der Waals surface area contributed by atoms with Crippen molar-refractivity contribution < 1.29 is 4.79 Å². The monoisotopic (exact) mass is 341 g/mol. The normalized spacial score (nSPS) is 24.5. The smallest absolute Gasteiger partial charge is 0.234 e. The fourth-order valence-electron chi connectivity index (χ4n) is 4.67. The van der Waals surface area contributed by atoms with Crippen LogP contribution >= 0.6 is 0 Å². The van der Waals surface area contributed by atoms with Crippen LogP contribution in [0.3, 0.4) is 0 Å². The molecule has 134 valence electrons. The lowest BCUT2D eigenvalue weighted by Crippen LogP contribution is -2.47. The van der Waals surface area contributed by atoms with Crippen LogP contribution in [0, 0.1) is 13.8 Å². The van der Waals surface area contributed by atoms with E-state index < -0.39 is 0 Å². The molecule has 0 unspecified atom stereocenters. The molecule has 0 N–H and O–H groups in total. The maximum atomic E-state index is 11.9. The van der Waals surface area contributed by atoms with E-state index in [2.05, 4.69) is 38.4 Å². The Balaban J connectivity index is 1.55. The van der Waals surface area contributed by atoms with E-state index in [1.54, 1.807) is 6.92 Å². The van der Waals surface area contributed by atoms with E-state index in [0.717, 1.165) is 55.3 Å². The Kier molecular flexibility index (Phi) is 4.23. The Hall–Kier alpha value is -1.95. The Morgan fingerprint density at radius 3 is 2.72 bits per heavy atom. The van der Waals surface area contributed by atoms with Gasteiger partial charge in [0.25, 0.3) is 0 Å². The zero-order valence-corrected chi connectivity index (χ0v) is 15.4. The van der Waals surface area contributed by atoms with Crippen LogP contribution in [0.4, 0.5) is 0 Å². The number of aromatic nitrogens is 3. The molecule has 4 rings (SSSR count). The molecule has 0 radical (unpaired) electrons. The highest BCUT2D eigenvalue weighted by Gasteiger charge is 2.38. The summed E-state index contributed by atoms with van der Waals surface area (Å²) in [6, 6.07) is 2.92. The summed E-state index contributed by atoms with van der Waals surface area (Å²) >= 11 is 0. The summed E-state index contributed by atoms with van der Waals surface area (Å²) in [4.78, 5) is 25.8. The third-order valence-electron chi connectivity index (χ3n) is 5.74. The molecule has 2 aliphatic rings. The molecule has 2 saturated heterocycles. The third-order valence-corrected chi connectivity index (χ3v) is 5.74. The minimum Gasteiger partial charge on any atom is -0.338 e. The Bertz CT molecular complexity index is 798. The second-order valence-electron chi connectivity index (χ2n) is 7.54. The van der Waals surface area contributed by atoms with Crippen LogP contribution in [0.25, 0.3) is 5.78 Å². The predicted molar refractivity (Wildman–Crippen MR) is 96.3 cm³/mol. The molecule has 4 heterocycles. The first-order valence-corrected chi connectivity index (χ1v) is 9.36. The summed E-state index contributed by atoms with van der Waals surface area (Å²) < 4.78 is 2.07. The quantitative estimate of drug-likeness (QED) is 0.860. The van der Waals surface area contributed by atoms with Crippen molar-refractivity contribution in [3.05, 3.63) is 29.3 Å². The van der Waals surface area contributed by atoms with E-state index in [-0.39, 0.29) is 5.91 Å². The van der Waals surface area contributed by atoms with Crippen molar-refractivity contribution in [1.82, 2.24) is 24.2 Å². The average molecular weight is 341 g/mol. The predicted octanol–water partition coefficient (Wildman–Crippen LogP) is 2.32. The average Bonchev–Trinajstić information content (AvgIpc) is 3.25. The van der Waals surface area contributed by atoms with Crippen molar-refractivity contribution in [1.29, 1.82) is 0 Å². The van der Waals surface area contributed by atoms with Crippen molar-refractivity contribution >= 4 is 11.7 Å². The highest BCUT2D eigenvalue weighted by Crippen LogP contribution is 2.31. The molecule has 0 aromatic carbocycles. The number of imidazole rings is 1. The van der Waals surface area contributed by atoms with Crippen LogP contribution in [0.2, 0.25) is 0 Å². The van der Waals surface area contributed by atoms with E-state index in [9.17, 15) is 4.79 Å². The molecular weight excluding hydrogens is 314 g/mol. The SMILES string of the molecule is CC(=O)N1CCC[C@@H]1[C@@H]1CCCN1Cc1cn2c(C)cc(C)nc2n1. The number of carbonyl (C=O) groups is 1. The van der Waals surface area contributed by atoms with Gasteiger partial charge in [-0.15, -0.1) is 0 Å². The van der Waals surface area contributed by atoms with E-state index in [4.69, 9.17) is 4.98 Å². The summed E-state index contributed by atoms with van der Waals surface area (Å²) in [6.07, 6.45) is 6.76. The molecular formula is C19H27N5O. The third kappa shape index (κ3) is 3.03. The van der Waals surface area contributed by atoms with Crippen molar-refractivity contribution in [2.24, 2.45) is 0 Å². The molecule has 2 atom stereocenters. The van der Waals surface area contributed by atoms with Crippen LogP contribution < -0.4 is 0 Å². The lowest BCUT2D eigenvalue weighted by Gasteiger charge is -2.34. The van der Waals surface area contributed by atoms with E-state index in [1.165, 1.54) is 12.8 Å². The number of hydrogen-bond acceptors (Lipinski definition) is 4. The number of likely N-dealkylation sites (tertiary alicyclic amines) is 2. The second-order valence-corrected chi connectivity index (χ2v) is 7.54. The van der Waals surface area contributed by atoms with Gasteiger partial charge in [-0.25, -0.2) is 9.97 Å². The summed E-state index contributed by atoms with van der Waals surface area (Å²) in [5.41, 5.74) is 3.24. The number of fused-ring (bicyclic) bond motifs is 1. The number of rotatable bonds is 3. The lowest BCUT2D eigenvalue weighted by molar-refractivity contribution is -0.130. The van der Waals surface area contributed by atoms with E-state index in [1.807, 2.05) is 6.92 Å². The van der Waals surface area contributed by atoms with Crippen LogP contribution in [0.15, 0.2) is 12.3 Å². The summed E-state index contributed by atoms with van der Waals surface area (Å²) in [6.45, 7) is 8.65. The topological polar surface area (TPSA) is 53.7 Å². The molecule has 2 aromatic rings. The molecule has 0 saturated carbocycles. The molecule has 0 bridgehead atoms. The van der Waals surface area contributed by atoms with Gasteiger partial charge in [0, 0.05) is 49.7 Å².